The van der Waals surface area contributed by atoms with Crippen molar-refractivity contribution in [2.45, 2.75) is 11.3 Å². The Morgan fingerprint density at radius 2 is 2.16 bits per heavy atom. The number of nitrogens with two attached hydrogens (primary N) is 1. The number of rotatable bonds is 7. The van der Waals surface area contributed by atoms with Crippen molar-refractivity contribution in [2.24, 2.45) is 5.73 Å². The maximum atomic E-state index is 11.0. The normalized spacial score (nSPS) is 11.3. The van der Waals surface area contributed by atoms with Crippen molar-refractivity contribution in [1.82, 2.24) is 0 Å². The number of benzene rings is 1. The molecule has 0 aliphatic carbocycles. The van der Waals surface area contributed by atoms with E-state index in [-0.39, 0.29) is 5.75 Å². The topological polar surface area (TPSA) is 72.2 Å². The molecule has 0 aliphatic rings. The zero-order valence-corrected chi connectivity index (χ0v) is 13.4. The van der Waals surface area contributed by atoms with Gasteiger partial charge in [-0.15, -0.1) is 11.8 Å². The molecule has 0 radical (unpaired) electrons. The van der Waals surface area contributed by atoms with E-state index in [2.05, 4.69) is 5.32 Å². The lowest BCUT2D eigenvalue weighted by atomic mass is 10.1. The number of anilines is 1. The van der Waals surface area contributed by atoms with Crippen molar-refractivity contribution in [3.63, 3.8) is 0 Å². The zero-order chi connectivity index (χ0) is 14.5. The summed E-state index contributed by atoms with van der Waals surface area (Å²) in [5, 5.41) is 3.20. The van der Waals surface area contributed by atoms with Gasteiger partial charge in [-0.25, -0.2) is 8.42 Å². The van der Waals surface area contributed by atoms with Crippen molar-refractivity contribution in [2.75, 3.05) is 30.1 Å². The molecule has 0 unspecified atom stereocenters. The van der Waals surface area contributed by atoms with Gasteiger partial charge in [-0.3, -0.25) is 0 Å². The molecular formula is C12H18N2O2S3. The van der Waals surface area contributed by atoms with Crippen LogP contribution in [0.4, 0.5) is 5.69 Å². The number of thioether (sulfide) groups is 1. The minimum atomic E-state index is -2.91. The minimum absolute atomic E-state index is 0.171. The maximum absolute atomic E-state index is 11.0. The van der Waals surface area contributed by atoms with Crippen molar-refractivity contribution >= 4 is 44.5 Å². The van der Waals surface area contributed by atoms with Gasteiger partial charge in [0, 0.05) is 28.9 Å². The minimum Gasteiger partial charge on any atom is -0.389 e. The molecule has 1 rings (SSSR count). The Morgan fingerprint density at radius 1 is 1.47 bits per heavy atom. The van der Waals surface area contributed by atoms with Crippen LogP contribution in [0.3, 0.4) is 0 Å². The van der Waals surface area contributed by atoms with Gasteiger partial charge >= 0.3 is 0 Å². The van der Waals surface area contributed by atoms with Crippen molar-refractivity contribution < 1.29 is 8.42 Å². The van der Waals surface area contributed by atoms with Crippen LogP contribution < -0.4 is 11.1 Å². The molecule has 3 N–H and O–H groups in total. The summed E-state index contributed by atoms with van der Waals surface area (Å²) in [5.41, 5.74) is 7.42. The third-order valence-electron chi connectivity index (χ3n) is 2.50. The predicted molar refractivity (Wildman–Crippen MR) is 86.9 cm³/mol. The molecule has 1 aromatic carbocycles. The fourth-order valence-corrected chi connectivity index (χ4v) is 3.25. The molecule has 106 valence electrons. The number of thiocarbonyl (C=S) groups is 1. The lowest BCUT2D eigenvalue weighted by Crippen LogP contribution is -2.16. The molecule has 0 saturated heterocycles. The van der Waals surface area contributed by atoms with Gasteiger partial charge < -0.3 is 11.1 Å². The fraction of sp³-hybridized carbons (Fsp3) is 0.417. The molecule has 0 heterocycles. The van der Waals surface area contributed by atoms with Gasteiger partial charge in [0.1, 0.15) is 14.8 Å². The van der Waals surface area contributed by atoms with E-state index in [1.54, 1.807) is 11.8 Å². The third kappa shape index (κ3) is 5.38. The first-order valence-electron chi connectivity index (χ1n) is 5.73. The molecule has 19 heavy (non-hydrogen) atoms. The summed E-state index contributed by atoms with van der Waals surface area (Å²) in [6.45, 7) is 0.570. The van der Waals surface area contributed by atoms with Crippen LogP contribution in [0, 0.1) is 0 Å². The first-order valence-corrected chi connectivity index (χ1v) is 9.43. The number of hydrogen-bond acceptors (Lipinski definition) is 5. The molecular weight excluding hydrogens is 300 g/mol. The van der Waals surface area contributed by atoms with E-state index < -0.39 is 9.84 Å². The summed E-state index contributed by atoms with van der Waals surface area (Å²) in [7, 11) is -2.91. The van der Waals surface area contributed by atoms with E-state index in [0.717, 1.165) is 16.1 Å². The van der Waals surface area contributed by atoms with Gasteiger partial charge in [0.15, 0.2) is 0 Å². The Labute approximate surface area is 124 Å². The molecule has 4 nitrogen and oxygen atoms in total. The second-order valence-electron chi connectivity index (χ2n) is 4.16. The first-order chi connectivity index (χ1) is 8.85. The van der Waals surface area contributed by atoms with Crippen molar-refractivity contribution in [3.8, 4) is 0 Å². The summed E-state index contributed by atoms with van der Waals surface area (Å²) < 4.78 is 22.1. The van der Waals surface area contributed by atoms with E-state index in [0.29, 0.717) is 18.0 Å². The predicted octanol–water partition coefficient (Wildman–Crippen LogP) is 1.89. The van der Waals surface area contributed by atoms with Gasteiger partial charge in [0.2, 0.25) is 0 Å². The molecule has 0 bridgehead atoms. The van der Waals surface area contributed by atoms with Gasteiger partial charge in [-0.05, 0) is 24.8 Å². The highest BCUT2D eigenvalue weighted by atomic mass is 32.2. The van der Waals surface area contributed by atoms with Gasteiger partial charge in [0.05, 0.1) is 5.75 Å². The molecule has 0 fully saturated rings. The zero-order valence-electron chi connectivity index (χ0n) is 11.0. The molecule has 0 saturated carbocycles. The van der Waals surface area contributed by atoms with Crippen LogP contribution in [0.5, 0.6) is 0 Å². The van der Waals surface area contributed by atoms with Crippen LogP contribution in [0.15, 0.2) is 23.1 Å². The number of sulfone groups is 1. The van der Waals surface area contributed by atoms with E-state index in [1.165, 1.54) is 6.26 Å². The summed E-state index contributed by atoms with van der Waals surface area (Å²) in [6, 6.07) is 5.78. The SMILES string of the molecule is CSc1cccc(NCCCS(C)(=O)=O)c1C(N)=S. The van der Waals surface area contributed by atoms with Gasteiger partial charge in [-0.2, -0.15) is 0 Å². The van der Waals surface area contributed by atoms with Crippen LogP contribution in [0.25, 0.3) is 0 Å². The number of nitrogens with one attached hydrogen (secondary N) is 1. The molecule has 0 atom stereocenters. The number of hydrogen-bond donors (Lipinski definition) is 2. The smallest absolute Gasteiger partial charge is 0.147 e. The summed E-state index contributed by atoms with van der Waals surface area (Å²) in [4.78, 5) is 1.36. The van der Waals surface area contributed by atoms with Crippen LogP contribution in [0.1, 0.15) is 12.0 Å². The van der Waals surface area contributed by atoms with E-state index >= 15 is 0 Å². The van der Waals surface area contributed by atoms with E-state index in [9.17, 15) is 8.42 Å². The average molecular weight is 318 g/mol. The Balaban J connectivity index is 2.76. The van der Waals surface area contributed by atoms with Gasteiger partial charge in [-0.1, -0.05) is 18.3 Å². The second kappa shape index (κ2) is 7.12. The Kier molecular flexibility index (Phi) is 6.09. The van der Waals surface area contributed by atoms with Crippen LogP contribution in [0.2, 0.25) is 0 Å². The highest BCUT2D eigenvalue weighted by Crippen LogP contribution is 2.27. The maximum Gasteiger partial charge on any atom is 0.147 e. The van der Waals surface area contributed by atoms with E-state index in [1.807, 2.05) is 24.5 Å². The Morgan fingerprint density at radius 3 is 2.68 bits per heavy atom. The molecule has 1 aromatic rings. The summed E-state index contributed by atoms with van der Waals surface area (Å²) in [5.74, 6) is 0.171. The largest absolute Gasteiger partial charge is 0.389 e. The monoisotopic (exact) mass is 318 g/mol. The fourth-order valence-electron chi connectivity index (χ4n) is 1.66. The molecule has 7 heteroatoms. The second-order valence-corrected chi connectivity index (χ2v) is 7.70. The third-order valence-corrected chi connectivity index (χ3v) is 4.51. The lowest BCUT2D eigenvalue weighted by molar-refractivity contribution is 0.600. The molecule has 0 aliphatic heterocycles. The van der Waals surface area contributed by atoms with Crippen molar-refractivity contribution in [3.05, 3.63) is 23.8 Å². The quantitative estimate of drug-likeness (QED) is 0.454. The highest BCUT2D eigenvalue weighted by molar-refractivity contribution is 7.98. The van der Waals surface area contributed by atoms with Crippen LogP contribution in [-0.2, 0) is 9.84 Å². The highest BCUT2D eigenvalue weighted by Gasteiger charge is 2.10. The van der Waals surface area contributed by atoms with Gasteiger partial charge in [0.25, 0.3) is 0 Å². The average Bonchev–Trinajstić information content (AvgIpc) is 2.32. The van der Waals surface area contributed by atoms with Crippen LogP contribution in [-0.4, -0.2) is 38.2 Å². The lowest BCUT2D eigenvalue weighted by Gasteiger charge is -2.14. The summed E-state index contributed by atoms with van der Waals surface area (Å²) >= 11 is 6.65. The van der Waals surface area contributed by atoms with Crippen LogP contribution >= 0.6 is 24.0 Å². The van der Waals surface area contributed by atoms with E-state index in [4.69, 9.17) is 18.0 Å². The molecule has 0 amide bonds. The standard InChI is InChI=1S/C12H18N2O2S3/c1-18-10-6-3-5-9(11(10)12(13)17)14-7-4-8-19(2,15)16/h3,5-6,14H,4,7-8H2,1-2H3,(H2,13,17). The Bertz CT molecular complexity index is 556. The Hall–Kier alpha value is -0.790. The first kappa shape index (κ1) is 16.3. The van der Waals surface area contributed by atoms with Crippen molar-refractivity contribution in [1.29, 1.82) is 0 Å². The molecule has 0 aromatic heterocycles. The molecule has 0 spiro atoms. The summed E-state index contributed by atoms with van der Waals surface area (Å²) in [6.07, 6.45) is 3.76.